The Bertz CT molecular complexity index is 1080. The lowest BCUT2D eigenvalue weighted by Crippen LogP contribution is -2.47. The van der Waals surface area contributed by atoms with Crippen LogP contribution in [0.1, 0.15) is 58.8 Å². The van der Waals surface area contributed by atoms with Crippen LogP contribution in [0.4, 0.5) is 22.0 Å². The molecule has 0 aromatic heterocycles. The summed E-state index contributed by atoms with van der Waals surface area (Å²) in [4.78, 5) is 27.9. The van der Waals surface area contributed by atoms with Crippen molar-refractivity contribution in [2.24, 2.45) is 0 Å². The fraction of sp³-hybridized carbons (Fsp3) is 0.417. The van der Waals surface area contributed by atoms with Gasteiger partial charge >= 0.3 is 6.36 Å². The number of hydrogen-bond acceptors (Lipinski definition) is 3. The summed E-state index contributed by atoms with van der Waals surface area (Å²) in [6.07, 6.45) is -5.32. The summed E-state index contributed by atoms with van der Waals surface area (Å²) in [5, 5.41) is 2.74. The highest BCUT2D eigenvalue weighted by Crippen LogP contribution is 2.43. The molecule has 2 aromatic rings. The highest BCUT2D eigenvalue weighted by atomic mass is 19.4. The monoisotopic (exact) mass is 482 g/mol. The van der Waals surface area contributed by atoms with Crippen LogP contribution in [0.3, 0.4) is 0 Å². The van der Waals surface area contributed by atoms with Crippen LogP contribution in [0.2, 0.25) is 0 Å². The molecule has 1 atom stereocenters. The second-order valence-electron chi connectivity index (χ2n) is 8.65. The van der Waals surface area contributed by atoms with Crippen molar-refractivity contribution in [3.63, 3.8) is 0 Å². The van der Waals surface area contributed by atoms with Crippen molar-refractivity contribution in [3.8, 4) is 5.75 Å². The van der Waals surface area contributed by atoms with Crippen LogP contribution in [0, 0.1) is 6.92 Å². The van der Waals surface area contributed by atoms with Crippen LogP contribution >= 0.6 is 0 Å². The van der Waals surface area contributed by atoms with Crippen molar-refractivity contribution in [1.29, 1.82) is 0 Å². The number of nitrogens with zero attached hydrogens (tertiary/aromatic N) is 1. The molecule has 1 aliphatic heterocycles. The predicted molar refractivity (Wildman–Crippen MR) is 112 cm³/mol. The molecule has 0 radical (unpaired) electrons. The van der Waals surface area contributed by atoms with Gasteiger partial charge in [0, 0.05) is 31.0 Å². The number of alkyl halides is 5. The number of halogens is 5. The Morgan fingerprint density at radius 2 is 1.76 bits per heavy atom. The molecule has 1 unspecified atom stereocenters. The topological polar surface area (TPSA) is 58.6 Å². The maximum atomic E-state index is 13.7. The van der Waals surface area contributed by atoms with Gasteiger partial charge in [-0.25, -0.2) is 8.78 Å². The minimum Gasteiger partial charge on any atom is -0.406 e. The first-order valence-electron chi connectivity index (χ1n) is 10.9. The Balaban J connectivity index is 1.52. The van der Waals surface area contributed by atoms with Crippen molar-refractivity contribution in [2.75, 3.05) is 0 Å². The third-order valence-corrected chi connectivity index (χ3v) is 6.29. The number of aryl methyl sites for hydroxylation is 1. The van der Waals surface area contributed by atoms with Crippen LogP contribution in [0.25, 0.3) is 0 Å². The van der Waals surface area contributed by atoms with Crippen molar-refractivity contribution < 1.29 is 36.3 Å². The number of benzene rings is 2. The standard InChI is InChI=1S/C24H23F5N2O3/c1-14-3-2-4-18-19(14)20(31(22(18)33)16-9-11-23(25,26)12-10-16)21(32)30-13-15-5-7-17(8-6-15)34-24(27,28)29/h2-8,16,20H,9-13H2,1H3,(H,30,32). The molecule has 1 N–H and O–H groups in total. The molecule has 182 valence electrons. The molecule has 2 aliphatic rings. The zero-order valence-corrected chi connectivity index (χ0v) is 18.3. The van der Waals surface area contributed by atoms with Gasteiger partial charge < -0.3 is 15.0 Å². The smallest absolute Gasteiger partial charge is 0.406 e. The van der Waals surface area contributed by atoms with E-state index < -0.39 is 30.3 Å². The number of carbonyl (C=O) groups excluding carboxylic acids is 2. The molecule has 0 bridgehead atoms. The summed E-state index contributed by atoms with van der Waals surface area (Å²) in [7, 11) is 0. The molecule has 10 heteroatoms. The van der Waals surface area contributed by atoms with Gasteiger partial charge in [0.15, 0.2) is 0 Å². The van der Waals surface area contributed by atoms with E-state index in [1.165, 1.54) is 17.0 Å². The van der Waals surface area contributed by atoms with Gasteiger partial charge in [-0.15, -0.1) is 13.2 Å². The maximum absolute atomic E-state index is 13.7. The van der Waals surface area contributed by atoms with Gasteiger partial charge in [0.1, 0.15) is 11.8 Å². The van der Waals surface area contributed by atoms with Gasteiger partial charge in [-0.3, -0.25) is 9.59 Å². The molecular weight excluding hydrogens is 459 g/mol. The first kappa shape index (κ1) is 24.0. The first-order chi connectivity index (χ1) is 16.0. The zero-order chi connectivity index (χ0) is 24.7. The van der Waals surface area contributed by atoms with Gasteiger partial charge in [0.2, 0.25) is 11.8 Å². The van der Waals surface area contributed by atoms with Gasteiger partial charge in [0.25, 0.3) is 5.91 Å². The fourth-order valence-electron chi connectivity index (χ4n) is 4.66. The summed E-state index contributed by atoms with van der Waals surface area (Å²) < 4.78 is 68.3. The Hall–Kier alpha value is -3.17. The first-order valence-corrected chi connectivity index (χ1v) is 10.9. The van der Waals surface area contributed by atoms with E-state index in [4.69, 9.17) is 0 Å². The maximum Gasteiger partial charge on any atom is 0.573 e. The molecule has 1 aliphatic carbocycles. The molecule has 0 saturated heterocycles. The van der Waals surface area contributed by atoms with Gasteiger partial charge in [-0.2, -0.15) is 0 Å². The third kappa shape index (κ3) is 5.00. The predicted octanol–water partition coefficient (Wildman–Crippen LogP) is 5.28. The lowest BCUT2D eigenvalue weighted by atomic mass is 9.90. The molecule has 1 fully saturated rings. The number of hydrogen-bond donors (Lipinski definition) is 1. The molecule has 4 rings (SSSR count). The molecule has 1 heterocycles. The van der Waals surface area contributed by atoms with Crippen LogP contribution < -0.4 is 10.1 Å². The van der Waals surface area contributed by atoms with Crippen LogP contribution in [-0.4, -0.2) is 35.0 Å². The molecule has 1 saturated carbocycles. The SMILES string of the molecule is Cc1cccc2c1C(C(=O)NCc1ccc(OC(F)(F)F)cc1)N(C1CCC(F)(F)CC1)C2=O. The lowest BCUT2D eigenvalue weighted by molar-refractivity contribution is -0.274. The lowest BCUT2D eigenvalue weighted by Gasteiger charge is -2.37. The Kier molecular flexibility index (Phi) is 6.26. The van der Waals surface area contributed by atoms with E-state index in [-0.39, 0.29) is 43.9 Å². The minimum absolute atomic E-state index is 0.00755. The van der Waals surface area contributed by atoms with Gasteiger partial charge in [-0.05, 0) is 54.7 Å². The van der Waals surface area contributed by atoms with Crippen molar-refractivity contribution in [1.82, 2.24) is 10.2 Å². The molecular formula is C24H23F5N2O3. The van der Waals surface area contributed by atoms with E-state index >= 15 is 0 Å². The Labute approximate surface area is 192 Å². The second kappa shape index (κ2) is 8.88. The normalized spacial score (nSPS) is 20.2. The average Bonchev–Trinajstić information content (AvgIpc) is 3.06. The van der Waals surface area contributed by atoms with Crippen molar-refractivity contribution in [2.45, 2.75) is 63.5 Å². The van der Waals surface area contributed by atoms with Crippen LogP contribution in [-0.2, 0) is 11.3 Å². The highest BCUT2D eigenvalue weighted by Gasteiger charge is 2.47. The van der Waals surface area contributed by atoms with Crippen LogP contribution in [0.5, 0.6) is 5.75 Å². The van der Waals surface area contributed by atoms with Crippen molar-refractivity contribution >= 4 is 11.8 Å². The van der Waals surface area contributed by atoms with Gasteiger partial charge in [0.05, 0.1) is 0 Å². The van der Waals surface area contributed by atoms with E-state index in [1.54, 1.807) is 25.1 Å². The van der Waals surface area contributed by atoms with E-state index in [1.807, 2.05) is 0 Å². The largest absolute Gasteiger partial charge is 0.573 e. The average molecular weight is 482 g/mol. The number of ether oxygens (including phenoxy) is 1. The number of fused-ring (bicyclic) bond motifs is 1. The summed E-state index contributed by atoms with van der Waals surface area (Å²) in [5.41, 5.74) is 2.20. The Morgan fingerprint density at radius 1 is 1.12 bits per heavy atom. The molecule has 5 nitrogen and oxygen atoms in total. The van der Waals surface area contributed by atoms with E-state index in [9.17, 15) is 31.5 Å². The quantitative estimate of drug-likeness (QED) is 0.590. The molecule has 2 aromatic carbocycles. The fourth-order valence-corrected chi connectivity index (χ4v) is 4.66. The number of nitrogens with one attached hydrogen (secondary N) is 1. The Morgan fingerprint density at radius 3 is 2.38 bits per heavy atom. The second-order valence-corrected chi connectivity index (χ2v) is 8.65. The summed E-state index contributed by atoms with van der Waals surface area (Å²) in [5.74, 6) is -3.99. The summed E-state index contributed by atoms with van der Waals surface area (Å²) in [6, 6.07) is 8.73. The zero-order valence-electron chi connectivity index (χ0n) is 18.3. The van der Waals surface area contributed by atoms with E-state index in [2.05, 4.69) is 10.1 Å². The van der Waals surface area contributed by atoms with Crippen molar-refractivity contribution in [3.05, 3.63) is 64.7 Å². The molecule has 2 amide bonds. The number of rotatable bonds is 5. The summed E-state index contributed by atoms with van der Waals surface area (Å²) in [6.45, 7) is 1.79. The number of carbonyl (C=O) groups is 2. The van der Waals surface area contributed by atoms with Crippen LogP contribution in [0.15, 0.2) is 42.5 Å². The highest BCUT2D eigenvalue weighted by molar-refractivity contribution is 6.05. The van der Waals surface area contributed by atoms with Gasteiger partial charge in [-0.1, -0.05) is 24.3 Å². The summed E-state index contributed by atoms with van der Waals surface area (Å²) >= 11 is 0. The minimum atomic E-state index is -4.80. The molecule has 34 heavy (non-hydrogen) atoms. The van der Waals surface area contributed by atoms with E-state index in [0.717, 1.165) is 17.7 Å². The molecule has 0 spiro atoms. The third-order valence-electron chi connectivity index (χ3n) is 6.29. The van der Waals surface area contributed by atoms with E-state index in [0.29, 0.717) is 16.7 Å². The number of amides is 2.